The molecular formula is C20H33N5O. The molecule has 1 aromatic rings. The van der Waals surface area contributed by atoms with Crippen molar-refractivity contribution < 1.29 is 4.79 Å². The molecule has 4 rings (SSSR count). The standard InChI is InChI=1S/C20H33N5O/c1-23-11-6-5-9-17(23)20-22-21-18-10-12-24(13-14-25(18)20)19(26)15-16-7-3-2-4-8-16/h16-17H,2-15H2,1H3/t17-/m1/s1. The Kier molecular flexibility index (Phi) is 5.57. The number of rotatable bonds is 3. The molecule has 1 atom stereocenters. The first kappa shape index (κ1) is 18.0. The van der Waals surface area contributed by atoms with E-state index in [0.29, 0.717) is 17.9 Å². The van der Waals surface area contributed by atoms with Crippen molar-refractivity contribution in [1.29, 1.82) is 0 Å². The fourth-order valence-electron chi connectivity index (χ4n) is 5.01. The van der Waals surface area contributed by atoms with Crippen LogP contribution >= 0.6 is 0 Å². The van der Waals surface area contributed by atoms with Gasteiger partial charge < -0.3 is 9.47 Å². The van der Waals surface area contributed by atoms with Crippen molar-refractivity contribution in [2.45, 2.75) is 76.8 Å². The lowest BCUT2D eigenvalue weighted by Crippen LogP contribution is -2.35. The van der Waals surface area contributed by atoms with Crippen molar-refractivity contribution >= 4 is 5.91 Å². The van der Waals surface area contributed by atoms with E-state index in [1.54, 1.807) is 0 Å². The Balaban J connectivity index is 1.40. The van der Waals surface area contributed by atoms with Crippen LogP contribution in [0.1, 0.15) is 75.5 Å². The van der Waals surface area contributed by atoms with E-state index in [1.807, 2.05) is 0 Å². The Morgan fingerprint density at radius 1 is 0.962 bits per heavy atom. The molecule has 1 saturated heterocycles. The molecule has 1 aromatic heterocycles. The van der Waals surface area contributed by atoms with Crippen LogP contribution in [0.4, 0.5) is 0 Å². The molecule has 0 N–H and O–H groups in total. The molecule has 1 aliphatic carbocycles. The molecular weight excluding hydrogens is 326 g/mol. The average Bonchev–Trinajstić information content (AvgIpc) is 2.93. The molecule has 2 aliphatic heterocycles. The molecule has 1 amide bonds. The van der Waals surface area contributed by atoms with Crippen LogP contribution in [0.3, 0.4) is 0 Å². The molecule has 0 radical (unpaired) electrons. The molecule has 144 valence electrons. The van der Waals surface area contributed by atoms with Crippen LogP contribution < -0.4 is 0 Å². The van der Waals surface area contributed by atoms with Gasteiger partial charge in [-0.3, -0.25) is 9.69 Å². The number of piperidine rings is 1. The maximum Gasteiger partial charge on any atom is 0.222 e. The molecule has 6 heteroatoms. The first-order valence-electron chi connectivity index (χ1n) is 10.6. The highest BCUT2D eigenvalue weighted by Gasteiger charge is 2.29. The lowest BCUT2D eigenvalue weighted by atomic mass is 9.86. The normalized spacial score (nSPS) is 25.7. The number of nitrogens with zero attached hydrogens (tertiary/aromatic N) is 5. The summed E-state index contributed by atoms with van der Waals surface area (Å²) in [4.78, 5) is 17.3. The van der Waals surface area contributed by atoms with Crippen molar-refractivity contribution in [3.63, 3.8) is 0 Å². The zero-order valence-corrected chi connectivity index (χ0v) is 16.2. The maximum atomic E-state index is 12.8. The van der Waals surface area contributed by atoms with Gasteiger partial charge in [-0.1, -0.05) is 25.7 Å². The van der Waals surface area contributed by atoms with Gasteiger partial charge in [0.1, 0.15) is 11.6 Å². The number of carbonyl (C=O) groups excluding carboxylic acids is 1. The number of amides is 1. The van der Waals surface area contributed by atoms with Crippen LogP contribution in [0.5, 0.6) is 0 Å². The van der Waals surface area contributed by atoms with Gasteiger partial charge in [0, 0.05) is 32.5 Å². The van der Waals surface area contributed by atoms with Crippen LogP contribution in [-0.2, 0) is 17.8 Å². The summed E-state index contributed by atoms with van der Waals surface area (Å²) < 4.78 is 2.31. The van der Waals surface area contributed by atoms with Gasteiger partial charge >= 0.3 is 0 Å². The third-order valence-electron chi connectivity index (χ3n) is 6.66. The topological polar surface area (TPSA) is 54.3 Å². The zero-order chi connectivity index (χ0) is 17.9. The highest BCUT2D eigenvalue weighted by molar-refractivity contribution is 5.76. The van der Waals surface area contributed by atoms with Gasteiger partial charge in [0.05, 0.1) is 6.04 Å². The van der Waals surface area contributed by atoms with Crippen molar-refractivity contribution in [2.24, 2.45) is 5.92 Å². The summed E-state index contributed by atoms with van der Waals surface area (Å²) >= 11 is 0. The summed E-state index contributed by atoms with van der Waals surface area (Å²) in [6, 6.07) is 0.384. The van der Waals surface area contributed by atoms with Crippen molar-refractivity contribution in [3.05, 3.63) is 11.6 Å². The minimum atomic E-state index is 0.354. The number of hydrogen-bond acceptors (Lipinski definition) is 4. The summed E-state index contributed by atoms with van der Waals surface area (Å²) in [5.74, 6) is 3.15. The molecule has 3 aliphatic rings. The zero-order valence-electron chi connectivity index (χ0n) is 16.2. The van der Waals surface area contributed by atoms with E-state index >= 15 is 0 Å². The molecule has 2 fully saturated rings. The largest absolute Gasteiger partial charge is 0.340 e. The van der Waals surface area contributed by atoms with E-state index in [9.17, 15) is 4.79 Å². The van der Waals surface area contributed by atoms with Crippen LogP contribution in [0.2, 0.25) is 0 Å². The summed E-state index contributed by atoms with van der Waals surface area (Å²) in [7, 11) is 2.20. The molecule has 0 aromatic carbocycles. The van der Waals surface area contributed by atoms with E-state index < -0.39 is 0 Å². The first-order chi connectivity index (χ1) is 12.7. The van der Waals surface area contributed by atoms with Crippen LogP contribution in [0.25, 0.3) is 0 Å². The molecule has 6 nitrogen and oxygen atoms in total. The second kappa shape index (κ2) is 8.07. The maximum absolute atomic E-state index is 12.8. The number of likely N-dealkylation sites (tertiary alicyclic amines) is 1. The highest BCUT2D eigenvalue weighted by Crippen LogP contribution is 2.30. The monoisotopic (exact) mass is 359 g/mol. The molecule has 0 spiro atoms. The van der Waals surface area contributed by atoms with Gasteiger partial charge in [0.15, 0.2) is 0 Å². The van der Waals surface area contributed by atoms with Crippen LogP contribution in [0.15, 0.2) is 0 Å². The van der Waals surface area contributed by atoms with Crippen molar-refractivity contribution in [3.8, 4) is 0 Å². The van der Waals surface area contributed by atoms with E-state index in [1.165, 1.54) is 51.4 Å². The Bertz CT molecular complexity index is 622. The van der Waals surface area contributed by atoms with E-state index in [2.05, 4.69) is 31.6 Å². The number of aromatic nitrogens is 3. The minimum absolute atomic E-state index is 0.354. The van der Waals surface area contributed by atoms with Crippen LogP contribution in [0, 0.1) is 5.92 Å². The second-order valence-electron chi connectivity index (χ2n) is 8.46. The second-order valence-corrected chi connectivity index (χ2v) is 8.46. The van der Waals surface area contributed by atoms with E-state index in [-0.39, 0.29) is 0 Å². The fraction of sp³-hybridized carbons (Fsp3) is 0.850. The predicted molar refractivity (Wildman–Crippen MR) is 101 cm³/mol. The molecule has 0 unspecified atom stereocenters. The predicted octanol–water partition coefficient (Wildman–Crippen LogP) is 2.79. The SMILES string of the molecule is CN1CCCC[C@@H]1c1nnc2n1CCN(C(=O)CC1CCCCC1)CC2. The lowest BCUT2D eigenvalue weighted by Gasteiger charge is -2.32. The minimum Gasteiger partial charge on any atom is -0.340 e. The number of carbonyl (C=O) groups is 1. The van der Waals surface area contributed by atoms with Gasteiger partial charge in [0.2, 0.25) is 5.91 Å². The third kappa shape index (κ3) is 3.80. The number of fused-ring (bicyclic) bond motifs is 1. The quantitative estimate of drug-likeness (QED) is 0.833. The Morgan fingerprint density at radius 3 is 2.58 bits per heavy atom. The van der Waals surface area contributed by atoms with Crippen molar-refractivity contribution in [1.82, 2.24) is 24.6 Å². The Morgan fingerprint density at radius 2 is 1.77 bits per heavy atom. The molecule has 26 heavy (non-hydrogen) atoms. The van der Waals surface area contributed by atoms with E-state index in [4.69, 9.17) is 0 Å². The average molecular weight is 360 g/mol. The molecule has 1 saturated carbocycles. The third-order valence-corrected chi connectivity index (χ3v) is 6.66. The van der Waals surface area contributed by atoms with Gasteiger partial charge in [-0.2, -0.15) is 0 Å². The smallest absolute Gasteiger partial charge is 0.222 e. The van der Waals surface area contributed by atoms with Gasteiger partial charge in [-0.15, -0.1) is 10.2 Å². The van der Waals surface area contributed by atoms with Gasteiger partial charge in [-0.05, 0) is 45.2 Å². The van der Waals surface area contributed by atoms with Gasteiger partial charge in [0.25, 0.3) is 0 Å². The molecule has 3 heterocycles. The van der Waals surface area contributed by atoms with Gasteiger partial charge in [-0.25, -0.2) is 0 Å². The highest BCUT2D eigenvalue weighted by atomic mass is 16.2. The first-order valence-corrected chi connectivity index (χ1v) is 10.6. The Labute approximate surface area is 156 Å². The fourth-order valence-corrected chi connectivity index (χ4v) is 5.01. The van der Waals surface area contributed by atoms with Crippen molar-refractivity contribution in [2.75, 3.05) is 26.7 Å². The summed E-state index contributed by atoms with van der Waals surface area (Å²) in [6.45, 7) is 3.58. The van der Waals surface area contributed by atoms with Crippen LogP contribution in [-0.4, -0.2) is 57.2 Å². The molecule has 0 bridgehead atoms. The summed E-state index contributed by atoms with van der Waals surface area (Å²) in [5, 5.41) is 9.03. The van der Waals surface area contributed by atoms with E-state index in [0.717, 1.165) is 50.7 Å². The number of hydrogen-bond donors (Lipinski definition) is 0. The Hall–Kier alpha value is -1.43. The summed E-state index contributed by atoms with van der Waals surface area (Å²) in [6.07, 6.45) is 11.7. The summed E-state index contributed by atoms with van der Waals surface area (Å²) in [5.41, 5.74) is 0. The lowest BCUT2D eigenvalue weighted by molar-refractivity contribution is -0.132.